The van der Waals surface area contributed by atoms with Crippen LogP contribution in [-0.2, 0) is 13.0 Å². The van der Waals surface area contributed by atoms with Crippen LogP contribution in [0.4, 0.5) is 0 Å². The van der Waals surface area contributed by atoms with Gasteiger partial charge >= 0.3 is 0 Å². The molecular weight excluding hydrogens is 232 g/mol. The first-order valence-corrected chi connectivity index (χ1v) is 7.70. The number of nitrogens with zero attached hydrogens (tertiary/aromatic N) is 2. The van der Waals surface area contributed by atoms with Crippen LogP contribution in [0.2, 0.25) is 0 Å². The molecule has 0 bridgehead atoms. The van der Waals surface area contributed by atoms with Gasteiger partial charge in [0.05, 0.1) is 0 Å². The second-order valence-corrected chi connectivity index (χ2v) is 6.26. The molecule has 2 heteroatoms. The second-order valence-electron chi connectivity index (χ2n) is 6.26. The van der Waals surface area contributed by atoms with Crippen LogP contribution in [0.1, 0.15) is 30.4 Å². The number of rotatable bonds is 3. The standard InChI is InChI=1S/C17H25N2/c1-18-10-6-15(7-11-18)8-12-19-13-9-16-4-2-3-5-17(16)14-19/h2,4-5,15H,6-14H2,1H3. The molecule has 1 radical (unpaired) electrons. The molecule has 1 saturated heterocycles. The van der Waals surface area contributed by atoms with Crippen molar-refractivity contribution >= 4 is 0 Å². The van der Waals surface area contributed by atoms with E-state index in [1.54, 1.807) is 0 Å². The van der Waals surface area contributed by atoms with E-state index < -0.39 is 0 Å². The van der Waals surface area contributed by atoms with Crippen molar-refractivity contribution in [3.63, 3.8) is 0 Å². The third-order valence-electron chi connectivity index (χ3n) is 4.83. The molecule has 2 aliphatic rings. The Morgan fingerprint density at radius 1 is 1.21 bits per heavy atom. The van der Waals surface area contributed by atoms with Crippen molar-refractivity contribution in [1.29, 1.82) is 0 Å². The lowest BCUT2D eigenvalue weighted by Gasteiger charge is -2.32. The molecule has 2 nitrogen and oxygen atoms in total. The summed E-state index contributed by atoms with van der Waals surface area (Å²) in [4.78, 5) is 5.10. The average molecular weight is 257 g/mol. The van der Waals surface area contributed by atoms with E-state index in [9.17, 15) is 0 Å². The first-order chi connectivity index (χ1) is 9.31. The van der Waals surface area contributed by atoms with Gasteiger partial charge in [-0.2, -0.15) is 0 Å². The number of hydrogen-bond donors (Lipinski definition) is 0. The van der Waals surface area contributed by atoms with E-state index >= 15 is 0 Å². The summed E-state index contributed by atoms with van der Waals surface area (Å²) in [7, 11) is 2.24. The zero-order valence-electron chi connectivity index (χ0n) is 12.1. The highest BCUT2D eigenvalue weighted by Crippen LogP contribution is 2.22. The fourth-order valence-electron chi connectivity index (χ4n) is 3.39. The summed E-state index contributed by atoms with van der Waals surface area (Å²) in [6.45, 7) is 6.25. The average Bonchev–Trinajstić information content (AvgIpc) is 2.46. The van der Waals surface area contributed by atoms with Gasteiger partial charge in [0, 0.05) is 13.1 Å². The molecule has 2 aliphatic heterocycles. The molecule has 0 unspecified atom stereocenters. The number of fused-ring (bicyclic) bond motifs is 1. The molecule has 0 aliphatic carbocycles. The van der Waals surface area contributed by atoms with Crippen LogP contribution < -0.4 is 0 Å². The topological polar surface area (TPSA) is 6.48 Å². The Kier molecular flexibility index (Phi) is 4.19. The molecule has 0 atom stereocenters. The predicted octanol–water partition coefficient (Wildman–Crippen LogP) is 2.58. The molecule has 1 aromatic rings. The summed E-state index contributed by atoms with van der Waals surface area (Å²) < 4.78 is 0. The molecule has 0 N–H and O–H groups in total. The highest BCUT2D eigenvalue weighted by Gasteiger charge is 2.19. The van der Waals surface area contributed by atoms with Crippen LogP contribution in [0.15, 0.2) is 18.2 Å². The Labute approximate surface area is 117 Å². The van der Waals surface area contributed by atoms with Crippen molar-refractivity contribution < 1.29 is 0 Å². The largest absolute Gasteiger partial charge is 0.306 e. The van der Waals surface area contributed by atoms with Crippen molar-refractivity contribution in [1.82, 2.24) is 9.80 Å². The maximum Gasteiger partial charge on any atom is 0.0236 e. The normalized spacial score (nSPS) is 22.4. The fraction of sp³-hybridized carbons (Fsp3) is 0.647. The first-order valence-electron chi connectivity index (χ1n) is 7.70. The maximum absolute atomic E-state index is 3.22. The Bertz CT molecular complexity index is 407. The molecule has 19 heavy (non-hydrogen) atoms. The molecule has 3 rings (SSSR count). The Hall–Kier alpha value is -0.860. The minimum absolute atomic E-state index is 0.958. The summed E-state index contributed by atoms with van der Waals surface area (Å²) in [6.07, 6.45) is 5.40. The van der Waals surface area contributed by atoms with Gasteiger partial charge in [0.2, 0.25) is 0 Å². The first kappa shape index (κ1) is 13.1. The van der Waals surface area contributed by atoms with Crippen molar-refractivity contribution in [2.75, 3.05) is 33.2 Å². The maximum atomic E-state index is 3.22. The highest BCUT2D eigenvalue weighted by atomic mass is 15.1. The van der Waals surface area contributed by atoms with E-state index in [4.69, 9.17) is 0 Å². The molecule has 0 aromatic heterocycles. The van der Waals surface area contributed by atoms with Crippen LogP contribution in [0.3, 0.4) is 0 Å². The summed E-state index contributed by atoms with van der Waals surface area (Å²) >= 11 is 0. The smallest absolute Gasteiger partial charge is 0.0236 e. The lowest BCUT2D eigenvalue weighted by Crippen LogP contribution is -2.35. The highest BCUT2D eigenvalue weighted by molar-refractivity contribution is 5.28. The van der Waals surface area contributed by atoms with Crippen LogP contribution in [0.25, 0.3) is 0 Å². The quantitative estimate of drug-likeness (QED) is 0.821. The van der Waals surface area contributed by atoms with Crippen molar-refractivity contribution in [2.24, 2.45) is 5.92 Å². The van der Waals surface area contributed by atoms with Crippen molar-refractivity contribution in [2.45, 2.75) is 32.2 Å². The zero-order valence-corrected chi connectivity index (χ0v) is 12.1. The minimum Gasteiger partial charge on any atom is -0.306 e. The molecular formula is C17H25N2. The molecule has 1 fully saturated rings. The number of likely N-dealkylation sites (tertiary alicyclic amines) is 1. The summed E-state index contributed by atoms with van der Waals surface area (Å²) in [5.74, 6) is 0.958. The van der Waals surface area contributed by atoms with Gasteiger partial charge in [-0.15, -0.1) is 0 Å². The number of hydrogen-bond acceptors (Lipinski definition) is 2. The number of piperidine rings is 1. The second kappa shape index (κ2) is 6.06. The van der Waals surface area contributed by atoms with Gasteiger partial charge in [-0.05, 0) is 81.5 Å². The molecule has 0 saturated carbocycles. The van der Waals surface area contributed by atoms with E-state index in [1.807, 2.05) is 6.07 Å². The van der Waals surface area contributed by atoms with Gasteiger partial charge < -0.3 is 4.90 Å². The zero-order chi connectivity index (χ0) is 13.1. The van der Waals surface area contributed by atoms with Gasteiger partial charge in [0.15, 0.2) is 0 Å². The van der Waals surface area contributed by atoms with Gasteiger partial charge in [-0.25, -0.2) is 0 Å². The Morgan fingerprint density at radius 2 is 2.05 bits per heavy atom. The fourth-order valence-corrected chi connectivity index (χ4v) is 3.39. The summed E-state index contributed by atoms with van der Waals surface area (Å²) in [5, 5.41) is 0. The third kappa shape index (κ3) is 3.37. The minimum atomic E-state index is 0.958. The van der Waals surface area contributed by atoms with Gasteiger partial charge in [-0.3, -0.25) is 4.90 Å². The van der Waals surface area contributed by atoms with E-state index in [-0.39, 0.29) is 0 Å². The Balaban J connectivity index is 1.47. The SMILES string of the molecule is CN1CCC(CCN2CCc3cc[c]cc3C2)CC1. The predicted molar refractivity (Wildman–Crippen MR) is 79.1 cm³/mol. The van der Waals surface area contributed by atoms with Crippen molar-refractivity contribution in [3.8, 4) is 0 Å². The van der Waals surface area contributed by atoms with Crippen LogP contribution in [-0.4, -0.2) is 43.0 Å². The molecule has 0 spiro atoms. The van der Waals surface area contributed by atoms with Crippen LogP contribution in [0, 0.1) is 12.0 Å². The van der Waals surface area contributed by atoms with Crippen LogP contribution in [0.5, 0.6) is 0 Å². The lowest BCUT2D eigenvalue weighted by molar-refractivity contribution is 0.180. The Morgan fingerprint density at radius 3 is 2.89 bits per heavy atom. The van der Waals surface area contributed by atoms with E-state index in [1.165, 1.54) is 63.0 Å². The third-order valence-corrected chi connectivity index (χ3v) is 4.83. The van der Waals surface area contributed by atoms with E-state index in [0.717, 1.165) is 12.5 Å². The van der Waals surface area contributed by atoms with E-state index in [0.29, 0.717) is 0 Å². The molecule has 0 amide bonds. The summed E-state index contributed by atoms with van der Waals surface area (Å²) in [6, 6.07) is 9.69. The van der Waals surface area contributed by atoms with Gasteiger partial charge in [0.1, 0.15) is 0 Å². The molecule has 2 heterocycles. The van der Waals surface area contributed by atoms with E-state index in [2.05, 4.69) is 35.0 Å². The molecule has 103 valence electrons. The van der Waals surface area contributed by atoms with Crippen molar-refractivity contribution in [3.05, 3.63) is 35.4 Å². The van der Waals surface area contributed by atoms with Gasteiger partial charge in [-0.1, -0.05) is 12.1 Å². The molecule has 1 aromatic carbocycles. The van der Waals surface area contributed by atoms with Gasteiger partial charge in [0.25, 0.3) is 0 Å². The monoisotopic (exact) mass is 257 g/mol. The van der Waals surface area contributed by atoms with Crippen LogP contribution >= 0.6 is 0 Å². The lowest BCUT2D eigenvalue weighted by atomic mass is 9.93. The number of benzene rings is 1. The summed E-state index contributed by atoms with van der Waals surface area (Å²) in [5.41, 5.74) is 3.03.